The number of carboxylic acid groups (broad SMARTS) is 1. The van der Waals surface area contributed by atoms with Crippen LogP contribution in [0.3, 0.4) is 0 Å². The van der Waals surface area contributed by atoms with E-state index in [1.807, 2.05) is 42.2 Å². The third kappa shape index (κ3) is 6.57. The number of hydrogen-bond acceptors (Lipinski definition) is 4. The fourth-order valence-electron chi connectivity index (χ4n) is 5.03. The summed E-state index contributed by atoms with van der Waals surface area (Å²) < 4.78 is 5.56. The Morgan fingerprint density at radius 2 is 1.94 bits per heavy atom. The zero-order chi connectivity index (χ0) is 22.2. The van der Waals surface area contributed by atoms with E-state index in [2.05, 4.69) is 11.5 Å². The molecule has 170 valence electrons. The second kappa shape index (κ2) is 11.3. The van der Waals surface area contributed by atoms with E-state index in [-0.39, 0.29) is 24.7 Å². The summed E-state index contributed by atoms with van der Waals surface area (Å²) in [4.78, 5) is 28.3. The van der Waals surface area contributed by atoms with Gasteiger partial charge in [-0.25, -0.2) is 4.79 Å². The van der Waals surface area contributed by atoms with Crippen molar-refractivity contribution < 1.29 is 19.4 Å². The Morgan fingerprint density at radius 1 is 1.23 bits per heavy atom. The summed E-state index contributed by atoms with van der Waals surface area (Å²) in [5.74, 6) is -0.0241. The number of piperidine rings is 1. The molecule has 1 aliphatic heterocycles. The summed E-state index contributed by atoms with van der Waals surface area (Å²) in [6.07, 6.45) is 6.50. The number of carbonyl (C=O) groups excluding carboxylic acids is 1. The van der Waals surface area contributed by atoms with Gasteiger partial charge in [0.1, 0.15) is 6.61 Å². The fraction of sp³-hybridized carbons (Fsp3) is 0.600. The SMILES string of the molecule is C=CCN(C(=O)OCc1ccccc1)C1CCN(CC2CCC(C(C)C(=O)O)C2)CC1. The molecule has 0 aromatic heterocycles. The van der Waals surface area contributed by atoms with Crippen molar-refractivity contribution in [3.63, 3.8) is 0 Å². The van der Waals surface area contributed by atoms with E-state index in [4.69, 9.17) is 4.74 Å². The minimum atomic E-state index is -0.673. The molecule has 31 heavy (non-hydrogen) atoms. The topological polar surface area (TPSA) is 70.1 Å². The molecule has 2 aliphatic rings. The third-order valence-corrected chi connectivity index (χ3v) is 6.96. The highest BCUT2D eigenvalue weighted by atomic mass is 16.6. The maximum absolute atomic E-state index is 12.7. The van der Waals surface area contributed by atoms with Crippen LogP contribution in [0.4, 0.5) is 4.79 Å². The number of likely N-dealkylation sites (tertiary alicyclic amines) is 1. The van der Waals surface area contributed by atoms with Crippen LogP contribution in [0.1, 0.15) is 44.6 Å². The number of carbonyl (C=O) groups is 2. The number of aliphatic carboxylic acids is 1. The molecule has 0 bridgehead atoms. The Kier molecular flexibility index (Phi) is 8.52. The third-order valence-electron chi connectivity index (χ3n) is 6.96. The molecule has 3 rings (SSSR count). The van der Waals surface area contributed by atoms with E-state index < -0.39 is 5.97 Å². The van der Waals surface area contributed by atoms with E-state index in [0.717, 1.165) is 57.3 Å². The first-order valence-corrected chi connectivity index (χ1v) is 11.5. The summed E-state index contributed by atoms with van der Waals surface area (Å²) in [5, 5.41) is 9.26. The average molecular weight is 429 g/mol. The van der Waals surface area contributed by atoms with E-state index in [1.54, 1.807) is 6.08 Å². The van der Waals surface area contributed by atoms with Gasteiger partial charge < -0.3 is 19.6 Å². The smallest absolute Gasteiger partial charge is 0.410 e. The second-order valence-corrected chi connectivity index (χ2v) is 9.08. The first-order valence-electron chi connectivity index (χ1n) is 11.5. The molecule has 3 atom stereocenters. The average Bonchev–Trinajstić information content (AvgIpc) is 3.25. The number of carboxylic acids is 1. The van der Waals surface area contributed by atoms with Crippen molar-refractivity contribution in [3.05, 3.63) is 48.6 Å². The number of benzene rings is 1. The van der Waals surface area contributed by atoms with Crippen molar-refractivity contribution in [1.82, 2.24) is 9.80 Å². The molecule has 0 radical (unpaired) electrons. The van der Waals surface area contributed by atoms with Crippen LogP contribution >= 0.6 is 0 Å². The fourth-order valence-corrected chi connectivity index (χ4v) is 5.03. The lowest BCUT2D eigenvalue weighted by molar-refractivity contribution is -0.142. The minimum Gasteiger partial charge on any atom is -0.481 e. The van der Waals surface area contributed by atoms with E-state index in [0.29, 0.717) is 18.4 Å². The Hall–Kier alpha value is -2.34. The Balaban J connectivity index is 1.45. The van der Waals surface area contributed by atoms with Gasteiger partial charge in [-0.2, -0.15) is 0 Å². The molecular weight excluding hydrogens is 392 g/mol. The molecule has 3 unspecified atom stereocenters. The summed E-state index contributed by atoms with van der Waals surface area (Å²) in [7, 11) is 0. The van der Waals surface area contributed by atoms with Crippen molar-refractivity contribution in [1.29, 1.82) is 0 Å². The highest BCUT2D eigenvalue weighted by Gasteiger charge is 2.34. The summed E-state index contributed by atoms with van der Waals surface area (Å²) in [6, 6.07) is 9.90. The Bertz CT molecular complexity index is 730. The molecule has 1 saturated heterocycles. The number of rotatable bonds is 9. The standard InChI is InChI=1S/C25H36N2O4/c1-3-13-27(25(30)31-18-20-7-5-4-6-8-20)23-11-14-26(15-12-23)17-21-9-10-22(16-21)19(2)24(28)29/h3-8,19,21-23H,1,9-18H2,2H3,(H,28,29). The van der Waals surface area contributed by atoms with Gasteiger partial charge in [-0.15, -0.1) is 6.58 Å². The molecular formula is C25H36N2O4. The minimum absolute atomic E-state index is 0.167. The normalized spacial score (nSPS) is 23.3. The highest BCUT2D eigenvalue weighted by Crippen LogP contribution is 2.36. The van der Waals surface area contributed by atoms with Crippen molar-refractivity contribution in [2.45, 2.75) is 51.7 Å². The molecule has 1 aromatic carbocycles. The van der Waals surface area contributed by atoms with E-state index >= 15 is 0 Å². The zero-order valence-electron chi connectivity index (χ0n) is 18.6. The Labute approximate surface area is 185 Å². The lowest BCUT2D eigenvalue weighted by atomic mass is 9.91. The summed E-state index contributed by atoms with van der Waals surface area (Å²) in [5.41, 5.74) is 0.983. The lowest BCUT2D eigenvalue weighted by Gasteiger charge is -2.38. The second-order valence-electron chi connectivity index (χ2n) is 9.08. The number of hydrogen-bond donors (Lipinski definition) is 1. The molecule has 1 amide bonds. The lowest BCUT2D eigenvalue weighted by Crippen LogP contribution is -2.48. The number of nitrogens with zero attached hydrogens (tertiary/aromatic N) is 2. The van der Waals surface area contributed by atoms with Crippen LogP contribution in [0, 0.1) is 17.8 Å². The highest BCUT2D eigenvalue weighted by molar-refractivity contribution is 5.70. The first kappa shape index (κ1) is 23.3. The maximum atomic E-state index is 12.7. The molecule has 1 aromatic rings. The molecule has 2 fully saturated rings. The molecule has 0 spiro atoms. The van der Waals surface area contributed by atoms with Crippen LogP contribution in [-0.4, -0.2) is 59.2 Å². The van der Waals surface area contributed by atoms with Gasteiger partial charge in [0, 0.05) is 32.2 Å². The van der Waals surface area contributed by atoms with Gasteiger partial charge in [-0.1, -0.05) is 43.3 Å². The van der Waals surface area contributed by atoms with Gasteiger partial charge >= 0.3 is 12.1 Å². The zero-order valence-corrected chi connectivity index (χ0v) is 18.6. The number of ether oxygens (including phenoxy) is 1. The van der Waals surface area contributed by atoms with Gasteiger partial charge in [0.2, 0.25) is 0 Å². The van der Waals surface area contributed by atoms with E-state index in [1.165, 1.54) is 0 Å². The van der Waals surface area contributed by atoms with Crippen molar-refractivity contribution in [2.75, 3.05) is 26.2 Å². The van der Waals surface area contributed by atoms with Crippen LogP contribution in [0.5, 0.6) is 0 Å². The quantitative estimate of drug-likeness (QED) is 0.590. The predicted molar refractivity (Wildman–Crippen MR) is 121 cm³/mol. The molecule has 6 nitrogen and oxygen atoms in total. The molecule has 6 heteroatoms. The van der Waals surface area contributed by atoms with Gasteiger partial charge in [0.25, 0.3) is 0 Å². The summed E-state index contributed by atoms with van der Waals surface area (Å²) >= 11 is 0. The number of amides is 1. The van der Waals surface area contributed by atoms with Crippen molar-refractivity contribution in [3.8, 4) is 0 Å². The largest absolute Gasteiger partial charge is 0.481 e. The van der Waals surface area contributed by atoms with Crippen LogP contribution in [0.15, 0.2) is 43.0 Å². The summed E-state index contributed by atoms with van der Waals surface area (Å²) in [6.45, 7) is 9.38. The molecule has 1 heterocycles. The van der Waals surface area contributed by atoms with Crippen LogP contribution < -0.4 is 0 Å². The van der Waals surface area contributed by atoms with Gasteiger partial charge in [-0.3, -0.25) is 4.79 Å². The maximum Gasteiger partial charge on any atom is 0.410 e. The van der Waals surface area contributed by atoms with Crippen LogP contribution in [-0.2, 0) is 16.1 Å². The van der Waals surface area contributed by atoms with Gasteiger partial charge in [0.05, 0.1) is 5.92 Å². The van der Waals surface area contributed by atoms with Crippen molar-refractivity contribution >= 4 is 12.1 Å². The van der Waals surface area contributed by atoms with E-state index in [9.17, 15) is 14.7 Å². The van der Waals surface area contributed by atoms with Gasteiger partial charge in [0.15, 0.2) is 0 Å². The Morgan fingerprint density at radius 3 is 2.58 bits per heavy atom. The molecule has 1 N–H and O–H groups in total. The molecule has 1 saturated carbocycles. The van der Waals surface area contributed by atoms with Crippen molar-refractivity contribution in [2.24, 2.45) is 17.8 Å². The predicted octanol–water partition coefficient (Wildman–Crippen LogP) is 4.41. The van der Waals surface area contributed by atoms with Gasteiger partial charge in [-0.05, 0) is 49.5 Å². The van der Waals surface area contributed by atoms with Crippen LogP contribution in [0.2, 0.25) is 0 Å². The molecule has 1 aliphatic carbocycles. The van der Waals surface area contributed by atoms with Crippen LogP contribution in [0.25, 0.3) is 0 Å². The monoisotopic (exact) mass is 428 g/mol. The first-order chi connectivity index (χ1) is 15.0.